The Balaban J connectivity index is 2.04. The first-order valence-electron chi connectivity index (χ1n) is 6.89. The van der Waals surface area contributed by atoms with E-state index in [9.17, 15) is 14.7 Å². The van der Waals surface area contributed by atoms with Crippen molar-refractivity contribution >= 4 is 11.9 Å². The van der Waals surface area contributed by atoms with Crippen LogP contribution in [0.4, 0.5) is 4.79 Å². The number of hydrogen-bond acceptors (Lipinski definition) is 3. The van der Waals surface area contributed by atoms with Crippen molar-refractivity contribution in [2.75, 3.05) is 6.54 Å². The van der Waals surface area contributed by atoms with Gasteiger partial charge in [0.05, 0.1) is 12.6 Å². The van der Waals surface area contributed by atoms with Crippen molar-refractivity contribution in [3.8, 4) is 0 Å². The van der Waals surface area contributed by atoms with Crippen LogP contribution in [0.1, 0.15) is 37.0 Å². The number of rotatable bonds is 5. The van der Waals surface area contributed by atoms with Gasteiger partial charge in [-0.25, -0.2) is 4.79 Å². The number of benzene rings is 1. The Labute approximate surface area is 118 Å². The predicted molar refractivity (Wildman–Crippen MR) is 75.1 cm³/mol. The van der Waals surface area contributed by atoms with Gasteiger partial charge in [0.1, 0.15) is 6.04 Å². The third-order valence-corrected chi connectivity index (χ3v) is 3.50. The van der Waals surface area contributed by atoms with Crippen LogP contribution in [0.15, 0.2) is 24.3 Å². The van der Waals surface area contributed by atoms with Gasteiger partial charge in [-0.1, -0.05) is 43.2 Å². The molecular formula is C15H20N2O3. The number of nitrogens with one attached hydrogen (secondary N) is 1. The first kappa shape index (κ1) is 14.5. The smallest absolute Gasteiger partial charge is 0.324 e. The minimum atomic E-state index is -0.856. The van der Waals surface area contributed by atoms with Gasteiger partial charge >= 0.3 is 6.03 Å². The Morgan fingerprint density at radius 2 is 1.95 bits per heavy atom. The summed E-state index contributed by atoms with van der Waals surface area (Å²) in [5, 5.41) is 12.8. The van der Waals surface area contributed by atoms with Gasteiger partial charge in [-0.2, -0.15) is 0 Å². The normalized spacial score (nSPS) is 20.1. The second kappa shape index (κ2) is 6.05. The predicted octanol–water partition coefficient (Wildman–Crippen LogP) is 1.75. The summed E-state index contributed by atoms with van der Waals surface area (Å²) in [7, 11) is 0. The van der Waals surface area contributed by atoms with E-state index in [2.05, 4.69) is 5.32 Å². The van der Waals surface area contributed by atoms with Crippen LogP contribution in [0, 0.1) is 6.92 Å². The number of amides is 3. The number of urea groups is 1. The molecule has 0 spiro atoms. The highest BCUT2D eigenvalue weighted by atomic mass is 16.3. The third-order valence-electron chi connectivity index (χ3n) is 3.50. The maximum absolute atomic E-state index is 12.1. The number of aliphatic hydroxyl groups is 1. The van der Waals surface area contributed by atoms with Gasteiger partial charge in [0.2, 0.25) is 0 Å². The van der Waals surface area contributed by atoms with Crippen molar-refractivity contribution in [1.29, 1.82) is 0 Å². The lowest BCUT2D eigenvalue weighted by atomic mass is 10.1. The van der Waals surface area contributed by atoms with E-state index in [1.165, 1.54) is 0 Å². The van der Waals surface area contributed by atoms with Crippen LogP contribution in [0.5, 0.6) is 0 Å². The zero-order chi connectivity index (χ0) is 14.7. The second-order valence-electron chi connectivity index (χ2n) is 5.17. The number of β-amino-alcohol motifs (C(OH)–C–C–N with tert-alkyl or cyclic N) is 1. The highest BCUT2D eigenvalue weighted by Gasteiger charge is 2.38. The largest absolute Gasteiger partial charge is 0.387 e. The zero-order valence-corrected chi connectivity index (χ0v) is 11.8. The van der Waals surface area contributed by atoms with E-state index in [0.29, 0.717) is 12.0 Å². The molecule has 20 heavy (non-hydrogen) atoms. The molecule has 2 rings (SSSR count). The Kier molecular flexibility index (Phi) is 4.39. The summed E-state index contributed by atoms with van der Waals surface area (Å²) >= 11 is 0. The fourth-order valence-electron chi connectivity index (χ4n) is 2.30. The van der Waals surface area contributed by atoms with E-state index in [-0.39, 0.29) is 12.5 Å². The molecular weight excluding hydrogens is 256 g/mol. The van der Waals surface area contributed by atoms with Gasteiger partial charge in [0.15, 0.2) is 0 Å². The van der Waals surface area contributed by atoms with E-state index in [4.69, 9.17) is 0 Å². The molecule has 1 fully saturated rings. The number of carbonyl (C=O) groups excluding carboxylic acids is 2. The third kappa shape index (κ3) is 2.99. The maximum Gasteiger partial charge on any atom is 0.324 e. The molecule has 2 unspecified atom stereocenters. The minimum absolute atomic E-state index is 0.00601. The number of nitrogens with zero attached hydrogens (tertiary/aromatic N) is 1. The molecule has 108 valence electrons. The first-order chi connectivity index (χ1) is 9.52. The first-order valence-corrected chi connectivity index (χ1v) is 6.89. The molecule has 2 N–H and O–H groups in total. The van der Waals surface area contributed by atoms with E-state index in [1.54, 1.807) is 0 Å². The summed E-state index contributed by atoms with van der Waals surface area (Å²) in [6.07, 6.45) is 0.595. The monoisotopic (exact) mass is 276 g/mol. The highest BCUT2D eigenvalue weighted by molar-refractivity contribution is 6.04. The molecule has 1 aliphatic heterocycles. The summed E-state index contributed by atoms with van der Waals surface area (Å²) in [5.41, 5.74) is 1.80. The van der Waals surface area contributed by atoms with E-state index >= 15 is 0 Å². The fourth-order valence-corrected chi connectivity index (χ4v) is 2.30. The number of aryl methyl sites for hydroxylation is 1. The Morgan fingerprint density at radius 3 is 2.55 bits per heavy atom. The Hall–Kier alpha value is -1.88. The molecule has 1 saturated heterocycles. The van der Waals surface area contributed by atoms with Gasteiger partial charge in [-0.3, -0.25) is 9.69 Å². The van der Waals surface area contributed by atoms with Crippen molar-refractivity contribution in [1.82, 2.24) is 10.2 Å². The lowest BCUT2D eigenvalue weighted by Gasteiger charge is -2.18. The molecule has 3 amide bonds. The van der Waals surface area contributed by atoms with Gasteiger partial charge in [-0.15, -0.1) is 0 Å². The van der Waals surface area contributed by atoms with Crippen LogP contribution >= 0.6 is 0 Å². The molecule has 2 atom stereocenters. The number of aliphatic hydroxyl groups excluding tert-OH is 1. The van der Waals surface area contributed by atoms with Crippen molar-refractivity contribution in [3.05, 3.63) is 35.4 Å². The Bertz CT molecular complexity index is 498. The number of imide groups is 1. The van der Waals surface area contributed by atoms with Gasteiger partial charge in [-0.05, 0) is 18.9 Å². The molecule has 5 heteroatoms. The summed E-state index contributed by atoms with van der Waals surface area (Å²) in [5.74, 6) is -0.247. The van der Waals surface area contributed by atoms with Gasteiger partial charge < -0.3 is 10.4 Å². The van der Waals surface area contributed by atoms with Gasteiger partial charge in [0.25, 0.3) is 5.91 Å². The molecule has 1 heterocycles. The standard InChI is InChI=1S/C15H20N2O3/c1-3-4-12-14(19)17(15(20)16-12)9-13(18)11-7-5-10(2)6-8-11/h5-8,12-13,18H,3-4,9H2,1-2H3,(H,16,20). The molecule has 0 aliphatic carbocycles. The van der Waals surface area contributed by atoms with Crippen LogP contribution in [-0.4, -0.2) is 34.5 Å². The summed E-state index contributed by atoms with van der Waals surface area (Å²) in [6.45, 7) is 3.92. The summed E-state index contributed by atoms with van der Waals surface area (Å²) < 4.78 is 0. The zero-order valence-electron chi connectivity index (χ0n) is 11.8. The van der Waals surface area contributed by atoms with Crippen LogP contribution in [0.3, 0.4) is 0 Å². The lowest BCUT2D eigenvalue weighted by molar-refractivity contribution is -0.128. The summed E-state index contributed by atoms with van der Waals surface area (Å²) in [6, 6.07) is 6.54. The number of hydrogen-bond donors (Lipinski definition) is 2. The molecule has 0 saturated carbocycles. The van der Waals surface area contributed by atoms with E-state index in [0.717, 1.165) is 16.9 Å². The van der Waals surface area contributed by atoms with Crippen LogP contribution < -0.4 is 5.32 Å². The van der Waals surface area contributed by atoms with E-state index < -0.39 is 18.2 Å². The van der Waals surface area contributed by atoms with E-state index in [1.807, 2.05) is 38.1 Å². The number of carbonyl (C=O) groups is 2. The SMILES string of the molecule is CCCC1NC(=O)N(CC(O)c2ccc(C)cc2)C1=O. The molecule has 0 radical (unpaired) electrons. The fraction of sp³-hybridized carbons (Fsp3) is 0.467. The van der Waals surface area contributed by atoms with Crippen LogP contribution in [0.25, 0.3) is 0 Å². The molecule has 1 aromatic carbocycles. The molecule has 0 bridgehead atoms. The molecule has 0 aromatic heterocycles. The second-order valence-corrected chi connectivity index (χ2v) is 5.17. The average Bonchev–Trinajstić information content (AvgIpc) is 2.68. The quantitative estimate of drug-likeness (QED) is 0.805. The molecule has 1 aromatic rings. The molecule has 1 aliphatic rings. The lowest BCUT2D eigenvalue weighted by Crippen LogP contribution is -2.35. The van der Waals surface area contributed by atoms with Crippen molar-refractivity contribution in [2.45, 2.75) is 38.8 Å². The van der Waals surface area contributed by atoms with Crippen molar-refractivity contribution in [2.24, 2.45) is 0 Å². The van der Waals surface area contributed by atoms with Crippen LogP contribution in [-0.2, 0) is 4.79 Å². The average molecular weight is 276 g/mol. The Morgan fingerprint density at radius 1 is 1.30 bits per heavy atom. The van der Waals surface area contributed by atoms with Crippen molar-refractivity contribution in [3.63, 3.8) is 0 Å². The van der Waals surface area contributed by atoms with Gasteiger partial charge in [0, 0.05) is 0 Å². The van der Waals surface area contributed by atoms with Crippen molar-refractivity contribution < 1.29 is 14.7 Å². The maximum atomic E-state index is 12.1. The summed E-state index contributed by atoms with van der Waals surface area (Å²) in [4.78, 5) is 24.9. The minimum Gasteiger partial charge on any atom is -0.387 e. The van der Waals surface area contributed by atoms with Crippen LogP contribution in [0.2, 0.25) is 0 Å². The highest BCUT2D eigenvalue weighted by Crippen LogP contribution is 2.18. The topological polar surface area (TPSA) is 69.6 Å². The molecule has 5 nitrogen and oxygen atoms in total.